The molecule has 3 amide bonds. The number of carbonyl (C=O) groups excluding carboxylic acids is 2. The van der Waals surface area contributed by atoms with E-state index in [1.54, 1.807) is 0 Å². The molecule has 2 aliphatic heterocycles. The van der Waals surface area contributed by atoms with Crippen LogP contribution in [0.4, 0.5) is 9.59 Å². The van der Waals surface area contributed by atoms with Gasteiger partial charge < -0.3 is 35.1 Å². The Morgan fingerprint density at radius 2 is 2.00 bits per heavy atom. The van der Waals surface area contributed by atoms with Crippen molar-refractivity contribution < 1.29 is 23.8 Å². The molecule has 2 heterocycles. The Bertz CT molecular complexity index is 881. The number of rotatable bonds is 11. The Hall–Kier alpha value is -2.07. The lowest BCUT2D eigenvalue weighted by molar-refractivity contribution is -0.0547. The van der Waals surface area contributed by atoms with Gasteiger partial charge in [-0.2, -0.15) is 0 Å². The Labute approximate surface area is 232 Å². The number of hydrogen-bond acceptors (Lipinski definition) is 6. The van der Waals surface area contributed by atoms with E-state index >= 15 is 0 Å². The Morgan fingerprint density at radius 3 is 2.68 bits per heavy atom. The van der Waals surface area contributed by atoms with E-state index < -0.39 is 6.09 Å². The summed E-state index contributed by atoms with van der Waals surface area (Å²) < 4.78 is 16.8. The highest BCUT2D eigenvalue weighted by Crippen LogP contribution is 2.34. The summed E-state index contributed by atoms with van der Waals surface area (Å²) in [6.45, 7) is 6.94. The summed E-state index contributed by atoms with van der Waals surface area (Å²) in [6.07, 6.45) is 4.58. The number of nitrogens with one attached hydrogen (secondary N) is 3. The van der Waals surface area contributed by atoms with E-state index in [-0.39, 0.29) is 36.3 Å². The van der Waals surface area contributed by atoms with Gasteiger partial charge in [0.1, 0.15) is 0 Å². The van der Waals surface area contributed by atoms with Gasteiger partial charge in [-0.25, -0.2) is 9.59 Å². The van der Waals surface area contributed by atoms with Crippen LogP contribution in [0.3, 0.4) is 0 Å². The van der Waals surface area contributed by atoms with Gasteiger partial charge in [-0.15, -0.1) is 0 Å². The largest absolute Gasteiger partial charge is 0.453 e. The van der Waals surface area contributed by atoms with Crippen LogP contribution >= 0.6 is 11.6 Å². The first-order chi connectivity index (χ1) is 18.3. The lowest BCUT2D eigenvalue weighted by Gasteiger charge is -2.38. The molecule has 1 unspecified atom stereocenters. The van der Waals surface area contributed by atoms with E-state index in [1.165, 1.54) is 7.11 Å². The maximum atomic E-state index is 13.4. The maximum absolute atomic E-state index is 13.4. The van der Waals surface area contributed by atoms with Crippen molar-refractivity contribution in [1.82, 2.24) is 20.9 Å². The van der Waals surface area contributed by atoms with Gasteiger partial charge in [0.2, 0.25) is 0 Å². The third-order valence-electron chi connectivity index (χ3n) is 7.40. The van der Waals surface area contributed by atoms with E-state index in [4.69, 9.17) is 21.1 Å². The van der Waals surface area contributed by atoms with Gasteiger partial charge in [0.05, 0.1) is 32.0 Å². The van der Waals surface area contributed by atoms with Gasteiger partial charge in [-0.05, 0) is 76.6 Å². The van der Waals surface area contributed by atoms with Crippen LogP contribution in [0.1, 0.15) is 57.6 Å². The van der Waals surface area contributed by atoms with Crippen molar-refractivity contribution in [2.75, 3.05) is 46.9 Å². The first kappa shape index (κ1) is 30.5. The minimum atomic E-state index is -0.491. The molecule has 10 heteroatoms. The maximum Gasteiger partial charge on any atom is 0.406 e. The fourth-order valence-electron chi connectivity index (χ4n) is 5.88. The fraction of sp³-hybridized carbons (Fsp3) is 0.714. The number of likely N-dealkylation sites (N-methyl/N-ethyl adjacent to an activating group) is 1. The molecule has 0 aromatic heterocycles. The number of urea groups is 1. The highest BCUT2D eigenvalue weighted by molar-refractivity contribution is 6.30. The summed E-state index contributed by atoms with van der Waals surface area (Å²) in [5.41, 5.74) is 0.971. The number of carbonyl (C=O) groups is 2. The van der Waals surface area contributed by atoms with E-state index in [9.17, 15) is 9.59 Å². The van der Waals surface area contributed by atoms with Crippen LogP contribution in [0.25, 0.3) is 0 Å². The predicted molar refractivity (Wildman–Crippen MR) is 148 cm³/mol. The molecule has 9 nitrogen and oxygen atoms in total. The topological polar surface area (TPSA) is 101 Å². The van der Waals surface area contributed by atoms with Crippen molar-refractivity contribution in [2.24, 2.45) is 11.8 Å². The van der Waals surface area contributed by atoms with Crippen molar-refractivity contribution in [1.29, 1.82) is 0 Å². The van der Waals surface area contributed by atoms with Crippen molar-refractivity contribution >= 4 is 23.7 Å². The van der Waals surface area contributed by atoms with Crippen molar-refractivity contribution in [3.63, 3.8) is 0 Å². The van der Waals surface area contributed by atoms with E-state index in [0.717, 1.165) is 44.2 Å². The second kappa shape index (κ2) is 15.5. The predicted octanol–water partition coefficient (Wildman–Crippen LogP) is 4.36. The number of benzene rings is 1. The number of piperidine rings is 1. The zero-order valence-corrected chi connectivity index (χ0v) is 24.0. The zero-order valence-electron chi connectivity index (χ0n) is 23.2. The minimum Gasteiger partial charge on any atom is -0.453 e. The minimum absolute atomic E-state index is 0.0275. The van der Waals surface area contributed by atoms with Crippen LogP contribution in [0, 0.1) is 11.8 Å². The van der Waals surface area contributed by atoms with Crippen LogP contribution < -0.4 is 16.0 Å². The van der Waals surface area contributed by atoms with Gasteiger partial charge in [0.25, 0.3) is 0 Å². The second-order valence-corrected chi connectivity index (χ2v) is 11.1. The Balaban J connectivity index is 1.63. The molecule has 214 valence electrons. The Kier molecular flexibility index (Phi) is 12.4. The molecule has 2 aliphatic rings. The molecule has 0 saturated carbocycles. The van der Waals surface area contributed by atoms with Crippen LogP contribution in [0.2, 0.25) is 5.02 Å². The van der Waals surface area contributed by atoms with Crippen LogP contribution in [0.15, 0.2) is 24.3 Å². The van der Waals surface area contributed by atoms with E-state index in [2.05, 4.69) is 34.5 Å². The number of alkyl carbamates (subject to hydrolysis) is 1. The monoisotopic (exact) mass is 552 g/mol. The summed E-state index contributed by atoms with van der Waals surface area (Å²) in [5.74, 6) is 0.631. The highest BCUT2D eigenvalue weighted by atomic mass is 35.5. The summed E-state index contributed by atoms with van der Waals surface area (Å²) in [7, 11) is 3.26. The molecule has 0 bridgehead atoms. The van der Waals surface area contributed by atoms with Gasteiger partial charge in [0.15, 0.2) is 0 Å². The number of nitrogens with zero attached hydrogens (tertiary/aromatic N) is 1. The average Bonchev–Trinajstić information content (AvgIpc) is 2.88. The lowest BCUT2D eigenvalue weighted by Crippen LogP contribution is -2.52. The highest BCUT2D eigenvalue weighted by Gasteiger charge is 2.33. The standard InChI is InChI=1S/C28H45ClN4O5/c1-19-13-21(14-20(2)38-19)15-25(17-30-3)32-27(34)33-11-6-8-23(18-33)26(22-7-5-9-24(29)16-22)37-12-10-31-28(35)36-4/h5,7,9,16,19-21,23,25-26,30H,6,8,10-15,17-18H2,1-4H3,(H,31,35)(H,32,34)/t19-,20+,21+,23-,25?,26+/m1/s1. The molecular weight excluding hydrogens is 508 g/mol. The number of hydrogen-bond donors (Lipinski definition) is 3. The summed E-state index contributed by atoms with van der Waals surface area (Å²) in [6, 6.07) is 7.69. The summed E-state index contributed by atoms with van der Waals surface area (Å²) in [5, 5.41) is 9.84. The Morgan fingerprint density at radius 1 is 1.24 bits per heavy atom. The number of ether oxygens (including phenoxy) is 3. The molecule has 3 N–H and O–H groups in total. The smallest absolute Gasteiger partial charge is 0.406 e. The summed E-state index contributed by atoms with van der Waals surface area (Å²) in [4.78, 5) is 26.8. The zero-order chi connectivity index (χ0) is 27.5. The number of halogens is 1. The molecular formula is C28H45ClN4O5. The molecule has 2 saturated heterocycles. The van der Waals surface area contributed by atoms with Gasteiger partial charge in [-0.1, -0.05) is 23.7 Å². The van der Waals surface area contributed by atoms with Gasteiger partial charge in [0, 0.05) is 43.2 Å². The fourth-order valence-corrected chi connectivity index (χ4v) is 6.08. The summed E-state index contributed by atoms with van der Waals surface area (Å²) >= 11 is 6.30. The molecule has 0 spiro atoms. The van der Waals surface area contributed by atoms with Crippen LogP contribution in [-0.4, -0.2) is 82.2 Å². The molecule has 3 rings (SSSR count). The van der Waals surface area contributed by atoms with Gasteiger partial charge in [-0.3, -0.25) is 0 Å². The third-order valence-corrected chi connectivity index (χ3v) is 7.63. The van der Waals surface area contributed by atoms with Gasteiger partial charge >= 0.3 is 12.1 Å². The molecule has 1 aromatic carbocycles. The second-order valence-electron chi connectivity index (χ2n) is 10.6. The molecule has 6 atom stereocenters. The average molecular weight is 553 g/mol. The normalized spacial score (nSPS) is 25.3. The third kappa shape index (κ3) is 9.59. The SMILES string of the molecule is CNCC(C[C@H]1C[C@@H](C)O[C@@H](C)C1)NC(=O)N1CCC[C@@H]([C@@H](OCCNC(=O)OC)c2cccc(Cl)c2)C1. The van der Waals surface area contributed by atoms with Crippen LogP contribution in [-0.2, 0) is 14.2 Å². The van der Waals surface area contributed by atoms with Crippen molar-refractivity contribution in [3.8, 4) is 0 Å². The number of likely N-dealkylation sites (tertiary alicyclic amines) is 1. The van der Waals surface area contributed by atoms with E-state index in [0.29, 0.717) is 37.2 Å². The lowest BCUT2D eigenvalue weighted by atomic mass is 9.87. The molecule has 1 aromatic rings. The molecule has 0 radical (unpaired) electrons. The number of amides is 3. The first-order valence-electron chi connectivity index (χ1n) is 13.8. The quantitative estimate of drug-likeness (QED) is 0.353. The van der Waals surface area contributed by atoms with E-state index in [1.807, 2.05) is 36.2 Å². The van der Waals surface area contributed by atoms with Crippen molar-refractivity contribution in [2.45, 2.75) is 70.3 Å². The number of methoxy groups -OCH3 is 1. The molecule has 2 fully saturated rings. The van der Waals surface area contributed by atoms with Crippen LogP contribution in [0.5, 0.6) is 0 Å². The molecule has 0 aliphatic carbocycles. The molecule has 38 heavy (non-hydrogen) atoms. The first-order valence-corrected chi connectivity index (χ1v) is 14.2. The van der Waals surface area contributed by atoms with Crippen molar-refractivity contribution in [3.05, 3.63) is 34.9 Å².